The highest BCUT2D eigenvalue weighted by Gasteiger charge is 2.06. The lowest BCUT2D eigenvalue weighted by Crippen LogP contribution is -2.17. The number of pyridine rings is 2. The molecular formula is C23H18N4O2. The lowest BCUT2D eigenvalue weighted by atomic mass is 10.1. The van der Waals surface area contributed by atoms with Crippen molar-refractivity contribution in [1.82, 2.24) is 15.4 Å². The number of para-hydroxylation sites is 1. The molecule has 0 unspecified atom stereocenters. The molecule has 2 aromatic carbocycles. The summed E-state index contributed by atoms with van der Waals surface area (Å²) in [6, 6.07) is 20.6. The molecule has 6 heteroatoms. The Morgan fingerprint density at radius 1 is 0.966 bits per heavy atom. The van der Waals surface area contributed by atoms with Gasteiger partial charge in [-0.05, 0) is 47.5 Å². The largest absolute Gasteiger partial charge is 0.487 e. The van der Waals surface area contributed by atoms with Gasteiger partial charge in [-0.15, -0.1) is 0 Å². The minimum atomic E-state index is -0.277. The second-order valence-electron chi connectivity index (χ2n) is 6.30. The Balaban J connectivity index is 1.36. The molecule has 6 nitrogen and oxygen atoms in total. The van der Waals surface area contributed by atoms with Crippen LogP contribution in [0.3, 0.4) is 0 Å². The fourth-order valence-corrected chi connectivity index (χ4v) is 2.79. The van der Waals surface area contributed by atoms with Crippen molar-refractivity contribution in [1.29, 1.82) is 0 Å². The lowest BCUT2D eigenvalue weighted by molar-refractivity contribution is 0.0955. The van der Waals surface area contributed by atoms with Gasteiger partial charge >= 0.3 is 0 Å². The molecule has 0 aliphatic carbocycles. The fourth-order valence-electron chi connectivity index (χ4n) is 2.79. The molecule has 0 fully saturated rings. The Morgan fingerprint density at radius 3 is 2.59 bits per heavy atom. The molecule has 29 heavy (non-hydrogen) atoms. The number of aromatic nitrogens is 2. The summed E-state index contributed by atoms with van der Waals surface area (Å²) < 4.78 is 5.93. The van der Waals surface area contributed by atoms with E-state index in [0.29, 0.717) is 12.2 Å². The maximum absolute atomic E-state index is 12.2. The zero-order valence-corrected chi connectivity index (χ0v) is 15.5. The molecular weight excluding hydrogens is 364 g/mol. The average Bonchev–Trinajstić information content (AvgIpc) is 2.78. The summed E-state index contributed by atoms with van der Waals surface area (Å²) in [5, 5.41) is 4.99. The van der Waals surface area contributed by atoms with E-state index in [2.05, 4.69) is 20.5 Å². The van der Waals surface area contributed by atoms with Crippen LogP contribution < -0.4 is 10.2 Å². The summed E-state index contributed by atoms with van der Waals surface area (Å²) in [6.45, 7) is 0.387. The van der Waals surface area contributed by atoms with Gasteiger partial charge in [0.2, 0.25) is 0 Å². The third-order valence-corrected chi connectivity index (χ3v) is 4.29. The van der Waals surface area contributed by atoms with E-state index in [4.69, 9.17) is 4.74 Å². The second-order valence-corrected chi connectivity index (χ2v) is 6.30. The summed E-state index contributed by atoms with van der Waals surface area (Å²) in [5.74, 6) is 0.455. The highest BCUT2D eigenvalue weighted by molar-refractivity contribution is 5.94. The first kappa shape index (κ1) is 18.3. The molecule has 0 saturated heterocycles. The number of carbonyl (C=O) groups excluding carboxylic acids is 1. The fraction of sp³-hybridized carbons (Fsp3) is 0.0435. The number of nitrogens with one attached hydrogen (secondary N) is 1. The van der Waals surface area contributed by atoms with Gasteiger partial charge in [-0.1, -0.05) is 30.3 Å². The third-order valence-electron chi connectivity index (χ3n) is 4.29. The first-order valence-electron chi connectivity index (χ1n) is 9.08. The summed E-state index contributed by atoms with van der Waals surface area (Å²) in [5.41, 5.74) is 5.68. The molecule has 1 amide bonds. The van der Waals surface area contributed by atoms with Crippen LogP contribution in [-0.2, 0) is 6.61 Å². The number of amides is 1. The van der Waals surface area contributed by atoms with Crippen LogP contribution in [0.15, 0.2) is 90.4 Å². The maximum Gasteiger partial charge on any atom is 0.271 e. The molecule has 0 atom stereocenters. The highest BCUT2D eigenvalue weighted by Crippen LogP contribution is 2.23. The summed E-state index contributed by atoms with van der Waals surface area (Å²) in [4.78, 5) is 20.5. The molecule has 0 bridgehead atoms. The summed E-state index contributed by atoms with van der Waals surface area (Å²) >= 11 is 0. The minimum Gasteiger partial charge on any atom is -0.487 e. The molecule has 142 valence electrons. The van der Waals surface area contributed by atoms with Crippen LogP contribution in [0, 0.1) is 0 Å². The Hall–Kier alpha value is -4.06. The van der Waals surface area contributed by atoms with Gasteiger partial charge in [-0.2, -0.15) is 5.10 Å². The number of benzene rings is 2. The number of hydrogen-bond donors (Lipinski definition) is 1. The van der Waals surface area contributed by atoms with Gasteiger partial charge in [0.05, 0.1) is 6.21 Å². The molecule has 4 aromatic rings. The van der Waals surface area contributed by atoms with Crippen LogP contribution in [0.1, 0.15) is 21.5 Å². The first-order chi connectivity index (χ1) is 14.3. The van der Waals surface area contributed by atoms with Gasteiger partial charge < -0.3 is 4.74 Å². The Morgan fingerprint density at radius 2 is 1.76 bits per heavy atom. The molecule has 0 radical (unpaired) electrons. The van der Waals surface area contributed by atoms with Crippen LogP contribution in [0.5, 0.6) is 5.75 Å². The van der Waals surface area contributed by atoms with Crippen LogP contribution in [0.2, 0.25) is 0 Å². The van der Waals surface area contributed by atoms with E-state index in [1.165, 1.54) is 0 Å². The number of hydrazone groups is 1. The van der Waals surface area contributed by atoms with Crippen molar-refractivity contribution in [3.63, 3.8) is 0 Å². The molecule has 0 saturated carbocycles. The van der Waals surface area contributed by atoms with Crippen LogP contribution in [-0.4, -0.2) is 22.1 Å². The predicted molar refractivity (Wildman–Crippen MR) is 112 cm³/mol. The molecule has 4 rings (SSSR count). The highest BCUT2D eigenvalue weighted by atomic mass is 16.5. The van der Waals surface area contributed by atoms with Crippen LogP contribution >= 0.6 is 0 Å². The third kappa shape index (κ3) is 4.62. The zero-order chi connectivity index (χ0) is 19.9. The van der Waals surface area contributed by atoms with Crippen molar-refractivity contribution in [2.45, 2.75) is 6.61 Å². The Bertz CT molecular complexity index is 1140. The van der Waals surface area contributed by atoms with Crippen LogP contribution in [0.25, 0.3) is 10.9 Å². The van der Waals surface area contributed by atoms with Gasteiger partial charge in [-0.25, -0.2) is 5.43 Å². The summed E-state index contributed by atoms with van der Waals surface area (Å²) in [6.07, 6.45) is 6.65. The van der Waals surface area contributed by atoms with Crippen molar-refractivity contribution in [2.24, 2.45) is 5.10 Å². The average molecular weight is 382 g/mol. The summed E-state index contributed by atoms with van der Waals surface area (Å²) in [7, 11) is 0. The number of rotatable bonds is 6. The van der Waals surface area contributed by atoms with Gasteiger partial charge in [0.25, 0.3) is 5.91 Å². The number of ether oxygens (including phenoxy) is 1. The smallest absolute Gasteiger partial charge is 0.271 e. The predicted octanol–water partition coefficient (Wildman–Crippen LogP) is 3.97. The molecule has 0 aliphatic heterocycles. The van der Waals surface area contributed by atoms with Crippen molar-refractivity contribution in [3.05, 3.63) is 102 Å². The minimum absolute atomic E-state index is 0.277. The topological polar surface area (TPSA) is 76.5 Å². The van der Waals surface area contributed by atoms with E-state index < -0.39 is 0 Å². The van der Waals surface area contributed by atoms with Crippen molar-refractivity contribution in [2.75, 3.05) is 0 Å². The second kappa shape index (κ2) is 8.75. The molecule has 2 heterocycles. The van der Waals surface area contributed by atoms with E-state index in [1.54, 1.807) is 49.1 Å². The zero-order valence-electron chi connectivity index (χ0n) is 15.5. The lowest BCUT2D eigenvalue weighted by Gasteiger charge is -2.09. The quantitative estimate of drug-likeness (QED) is 0.404. The maximum atomic E-state index is 12.2. The van der Waals surface area contributed by atoms with Gasteiger partial charge in [-0.3, -0.25) is 14.8 Å². The Kier molecular flexibility index (Phi) is 5.53. The van der Waals surface area contributed by atoms with E-state index in [1.807, 2.05) is 42.5 Å². The van der Waals surface area contributed by atoms with E-state index in [0.717, 1.165) is 27.8 Å². The van der Waals surface area contributed by atoms with Crippen molar-refractivity contribution >= 4 is 23.0 Å². The number of hydrogen-bond acceptors (Lipinski definition) is 5. The van der Waals surface area contributed by atoms with E-state index >= 15 is 0 Å². The number of fused-ring (bicyclic) bond motifs is 1. The molecule has 0 aliphatic rings. The monoisotopic (exact) mass is 382 g/mol. The van der Waals surface area contributed by atoms with E-state index in [9.17, 15) is 4.79 Å². The SMILES string of the molecule is O=C(N/N=C/c1ccncc1)c1ccc(COc2cccc3cccnc23)cc1. The van der Waals surface area contributed by atoms with Crippen molar-refractivity contribution in [3.8, 4) is 5.75 Å². The number of carbonyl (C=O) groups is 1. The van der Waals surface area contributed by atoms with Crippen molar-refractivity contribution < 1.29 is 9.53 Å². The standard InChI is InChI=1S/C23H18N4O2/c28-23(27-26-15-17-10-13-24-14-11-17)20-8-6-18(7-9-20)16-29-21-5-1-3-19-4-2-12-25-22(19)21/h1-15H,16H2,(H,27,28)/b26-15+. The van der Waals surface area contributed by atoms with Gasteiger partial charge in [0.15, 0.2) is 0 Å². The van der Waals surface area contributed by atoms with Gasteiger partial charge in [0, 0.05) is 29.5 Å². The van der Waals surface area contributed by atoms with E-state index in [-0.39, 0.29) is 5.91 Å². The molecule has 1 N–H and O–H groups in total. The number of nitrogens with zero attached hydrogens (tertiary/aromatic N) is 3. The normalized spacial score (nSPS) is 10.9. The van der Waals surface area contributed by atoms with Gasteiger partial charge in [0.1, 0.15) is 17.9 Å². The van der Waals surface area contributed by atoms with Crippen LogP contribution in [0.4, 0.5) is 0 Å². The molecule has 0 spiro atoms. The Labute approximate surface area is 167 Å². The first-order valence-corrected chi connectivity index (χ1v) is 9.08. The molecule has 2 aromatic heterocycles.